The summed E-state index contributed by atoms with van der Waals surface area (Å²) >= 11 is 0. The number of hydrogen-bond donors (Lipinski definition) is 4. The summed E-state index contributed by atoms with van der Waals surface area (Å²) in [7, 11) is 0. The van der Waals surface area contributed by atoms with Gasteiger partial charge in [0.2, 0.25) is 0 Å². The number of para-hydroxylation sites is 2. The molecule has 0 aliphatic rings. The molecule has 170 valence electrons. The van der Waals surface area contributed by atoms with Crippen molar-refractivity contribution in [3.05, 3.63) is 77.9 Å². The van der Waals surface area contributed by atoms with Crippen LogP contribution in [-0.2, 0) is 4.79 Å². The molecule has 0 radical (unpaired) electrons. The largest absolute Gasteiger partial charge is 0.548 e. The molecular formula is C24H23ClN5O3-. The van der Waals surface area contributed by atoms with Gasteiger partial charge in [0.1, 0.15) is 17.4 Å². The van der Waals surface area contributed by atoms with E-state index in [0.717, 1.165) is 11.0 Å². The summed E-state index contributed by atoms with van der Waals surface area (Å²) in [6.07, 6.45) is 0. The first-order chi connectivity index (χ1) is 15.4. The molecule has 0 aliphatic carbocycles. The lowest BCUT2D eigenvalue weighted by atomic mass is 10.0. The van der Waals surface area contributed by atoms with Crippen molar-refractivity contribution in [1.82, 2.24) is 9.97 Å². The Morgan fingerprint density at radius 2 is 1.91 bits per heavy atom. The van der Waals surface area contributed by atoms with Gasteiger partial charge in [0.25, 0.3) is 0 Å². The Morgan fingerprint density at radius 1 is 1.18 bits per heavy atom. The smallest absolute Gasteiger partial charge is 0.138 e. The first-order valence-electron chi connectivity index (χ1n) is 10.1. The topological polar surface area (TPSA) is 140 Å². The number of carbonyl (C=O) groups excluding carboxylic acids is 1. The Balaban J connectivity index is 0.00000306. The number of hydrogen-bond acceptors (Lipinski definition) is 6. The number of imidazole rings is 1. The van der Waals surface area contributed by atoms with Gasteiger partial charge in [-0.15, -0.1) is 12.4 Å². The van der Waals surface area contributed by atoms with E-state index in [-0.39, 0.29) is 18.2 Å². The maximum Gasteiger partial charge on any atom is 0.138 e. The van der Waals surface area contributed by atoms with Crippen LogP contribution in [-0.4, -0.2) is 28.4 Å². The minimum Gasteiger partial charge on any atom is -0.548 e. The SMILES string of the molecule is CCOc1cc(-c2nc3ccccc3[nH]2)cc(C(Nc2ccc(C(=N)N)cc2)C(=O)[O-])c1.Cl. The number of carbonyl (C=O) groups is 1. The number of nitrogens with two attached hydrogens (primary N) is 1. The second-order valence-electron chi connectivity index (χ2n) is 7.21. The molecule has 0 aliphatic heterocycles. The lowest BCUT2D eigenvalue weighted by Crippen LogP contribution is -2.34. The highest BCUT2D eigenvalue weighted by molar-refractivity contribution is 5.95. The Labute approximate surface area is 196 Å². The molecule has 4 aromatic rings. The Hall–Kier alpha value is -4.04. The number of aromatic amines is 1. The number of amidine groups is 1. The van der Waals surface area contributed by atoms with E-state index in [1.165, 1.54) is 0 Å². The van der Waals surface area contributed by atoms with E-state index < -0.39 is 12.0 Å². The van der Waals surface area contributed by atoms with Crippen molar-refractivity contribution in [1.29, 1.82) is 5.41 Å². The van der Waals surface area contributed by atoms with E-state index in [2.05, 4.69) is 15.3 Å². The second kappa shape index (κ2) is 10.1. The maximum absolute atomic E-state index is 12.0. The molecule has 0 saturated carbocycles. The van der Waals surface area contributed by atoms with Crippen LogP contribution in [0.15, 0.2) is 66.7 Å². The van der Waals surface area contributed by atoms with Crippen molar-refractivity contribution in [2.75, 3.05) is 11.9 Å². The Morgan fingerprint density at radius 3 is 2.55 bits per heavy atom. The molecule has 9 heteroatoms. The quantitative estimate of drug-likeness (QED) is 0.233. The highest BCUT2D eigenvalue weighted by atomic mass is 35.5. The van der Waals surface area contributed by atoms with E-state index in [4.69, 9.17) is 15.9 Å². The number of fused-ring (bicyclic) bond motifs is 1. The molecule has 0 fully saturated rings. The van der Waals surface area contributed by atoms with Crippen LogP contribution in [0.3, 0.4) is 0 Å². The number of aliphatic carboxylic acids is 1. The van der Waals surface area contributed by atoms with Crippen molar-refractivity contribution in [2.24, 2.45) is 5.73 Å². The number of halogens is 1. The van der Waals surface area contributed by atoms with E-state index >= 15 is 0 Å². The molecule has 1 unspecified atom stereocenters. The van der Waals surface area contributed by atoms with Crippen LogP contribution in [0, 0.1) is 5.41 Å². The summed E-state index contributed by atoms with van der Waals surface area (Å²) in [5, 5.41) is 22.5. The van der Waals surface area contributed by atoms with Gasteiger partial charge in [0.15, 0.2) is 0 Å². The van der Waals surface area contributed by atoms with E-state index in [1.54, 1.807) is 36.4 Å². The average molecular weight is 465 g/mol. The number of H-pyrrole nitrogens is 1. The lowest BCUT2D eigenvalue weighted by Gasteiger charge is -2.23. The molecule has 0 amide bonds. The van der Waals surface area contributed by atoms with Crippen LogP contribution in [0.1, 0.15) is 24.1 Å². The number of rotatable bonds is 8. The highest BCUT2D eigenvalue weighted by Crippen LogP contribution is 2.30. The van der Waals surface area contributed by atoms with Gasteiger partial charge in [-0.05, 0) is 67.1 Å². The molecular weight excluding hydrogens is 442 g/mol. The normalized spacial score (nSPS) is 11.4. The lowest BCUT2D eigenvalue weighted by molar-refractivity contribution is -0.307. The summed E-state index contributed by atoms with van der Waals surface area (Å²) in [5.74, 6) is -0.213. The number of ether oxygens (including phenoxy) is 1. The van der Waals surface area contributed by atoms with Gasteiger partial charge in [-0.1, -0.05) is 12.1 Å². The second-order valence-corrected chi connectivity index (χ2v) is 7.21. The molecule has 0 saturated heterocycles. The summed E-state index contributed by atoms with van der Waals surface area (Å²) < 4.78 is 5.68. The van der Waals surface area contributed by atoms with Crippen molar-refractivity contribution >= 4 is 40.9 Å². The van der Waals surface area contributed by atoms with Crippen LogP contribution in [0.2, 0.25) is 0 Å². The monoisotopic (exact) mass is 464 g/mol. The number of benzene rings is 3. The van der Waals surface area contributed by atoms with Crippen molar-refractivity contribution in [2.45, 2.75) is 13.0 Å². The molecule has 3 aromatic carbocycles. The van der Waals surface area contributed by atoms with Crippen LogP contribution in [0.4, 0.5) is 5.69 Å². The molecule has 4 rings (SSSR count). The molecule has 0 spiro atoms. The van der Waals surface area contributed by atoms with Crippen LogP contribution >= 0.6 is 12.4 Å². The third-order valence-electron chi connectivity index (χ3n) is 4.98. The molecule has 1 aromatic heterocycles. The first-order valence-corrected chi connectivity index (χ1v) is 10.1. The van der Waals surface area contributed by atoms with E-state index in [1.807, 2.05) is 37.3 Å². The molecule has 8 nitrogen and oxygen atoms in total. The number of nitrogen functional groups attached to an aromatic ring is 1. The van der Waals surface area contributed by atoms with Gasteiger partial charge < -0.3 is 30.7 Å². The molecule has 5 N–H and O–H groups in total. The number of nitrogens with one attached hydrogen (secondary N) is 3. The predicted octanol–water partition coefficient (Wildman–Crippen LogP) is 3.24. The van der Waals surface area contributed by atoms with Crippen LogP contribution in [0.5, 0.6) is 5.75 Å². The number of aromatic nitrogens is 2. The zero-order valence-corrected chi connectivity index (χ0v) is 18.6. The fourth-order valence-electron chi connectivity index (χ4n) is 3.46. The number of carboxylic acids is 1. The summed E-state index contributed by atoms with van der Waals surface area (Å²) in [6, 6.07) is 18.4. The van der Waals surface area contributed by atoms with Gasteiger partial charge in [-0.2, -0.15) is 0 Å². The van der Waals surface area contributed by atoms with Crippen molar-refractivity contribution in [3.63, 3.8) is 0 Å². The predicted molar refractivity (Wildman–Crippen MR) is 129 cm³/mol. The number of nitrogens with zero attached hydrogens (tertiary/aromatic N) is 1. The summed E-state index contributed by atoms with van der Waals surface area (Å²) in [6.45, 7) is 2.29. The summed E-state index contributed by atoms with van der Waals surface area (Å²) in [4.78, 5) is 19.9. The summed E-state index contributed by atoms with van der Waals surface area (Å²) in [5.41, 5.74) is 9.43. The molecule has 33 heavy (non-hydrogen) atoms. The highest BCUT2D eigenvalue weighted by Gasteiger charge is 2.17. The van der Waals surface area contributed by atoms with E-state index in [9.17, 15) is 9.90 Å². The van der Waals surface area contributed by atoms with Crippen molar-refractivity contribution in [3.8, 4) is 17.1 Å². The molecule has 1 atom stereocenters. The zero-order valence-electron chi connectivity index (χ0n) is 17.8. The molecule has 0 bridgehead atoms. The minimum absolute atomic E-state index is 0. The third-order valence-corrected chi connectivity index (χ3v) is 4.98. The Bertz CT molecular complexity index is 1250. The van der Waals surface area contributed by atoms with Gasteiger partial charge >= 0.3 is 0 Å². The van der Waals surface area contributed by atoms with Crippen LogP contribution < -0.4 is 20.9 Å². The van der Waals surface area contributed by atoms with E-state index in [0.29, 0.717) is 40.6 Å². The van der Waals surface area contributed by atoms with Gasteiger partial charge in [0.05, 0.1) is 29.7 Å². The van der Waals surface area contributed by atoms with Crippen LogP contribution in [0.25, 0.3) is 22.4 Å². The Kier molecular flexibility index (Phi) is 7.20. The van der Waals surface area contributed by atoms with Gasteiger partial charge in [0, 0.05) is 16.8 Å². The first kappa shape index (κ1) is 23.6. The zero-order chi connectivity index (χ0) is 22.7. The fourth-order valence-corrected chi connectivity index (χ4v) is 3.46. The maximum atomic E-state index is 12.0. The third kappa shape index (κ3) is 5.24. The number of carboxylic acid groups (broad SMARTS) is 1. The van der Waals surface area contributed by atoms with Gasteiger partial charge in [-0.25, -0.2) is 4.98 Å². The molecule has 1 heterocycles. The van der Waals surface area contributed by atoms with Crippen molar-refractivity contribution < 1.29 is 14.6 Å². The fraction of sp³-hybridized carbons (Fsp3) is 0.125. The standard InChI is InChI=1S/C24H23N5O3.ClH/c1-2-32-18-12-15(11-16(13-18)23-28-19-5-3-4-6-20(19)29-23)21(24(30)31)27-17-9-7-14(8-10-17)22(25)26;/h3-13,21,27H,2H2,1H3,(H3,25,26)(H,28,29)(H,30,31);1H/p-1. The van der Waals surface area contributed by atoms with Gasteiger partial charge in [-0.3, -0.25) is 5.41 Å². The minimum atomic E-state index is -1.29. The average Bonchev–Trinajstić information content (AvgIpc) is 3.22. The number of anilines is 1.